The second-order valence-corrected chi connectivity index (χ2v) is 9.78. The molecule has 0 aromatic heterocycles. The van der Waals surface area contributed by atoms with Crippen molar-refractivity contribution in [3.8, 4) is 12.0 Å². The van der Waals surface area contributed by atoms with Gasteiger partial charge in [-0.1, -0.05) is 25.3 Å². The normalized spacial score (nSPS) is 41.3. The van der Waals surface area contributed by atoms with Crippen molar-refractivity contribution >= 4 is 11.8 Å². The van der Waals surface area contributed by atoms with Crippen molar-refractivity contribution in [2.75, 3.05) is 0 Å². The molecule has 4 aliphatic carbocycles. The molecule has 0 heterocycles. The molecule has 4 aliphatic rings. The van der Waals surface area contributed by atoms with Gasteiger partial charge >= 0.3 is 12.1 Å². The fourth-order valence-corrected chi connectivity index (χ4v) is 7.00. The molecule has 0 aromatic carbocycles. The SMILES string of the molecule is C[C@]12CC[C@H]3[C@@H](CCC4=CC(=O)CC[C@@]43C)[C@@H]1CC[C@H]2C#COC(=O)C(F)(F)F. The number of allylic oxidation sites excluding steroid dienone is 1. The Morgan fingerprint density at radius 2 is 1.86 bits per heavy atom. The summed E-state index contributed by atoms with van der Waals surface area (Å²) in [7, 11) is 0. The van der Waals surface area contributed by atoms with E-state index in [9.17, 15) is 22.8 Å². The smallest absolute Gasteiger partial charge is 0.365 e. The number of rotatable bonds is 0. The number of ether oxygens (including phenoxy) is 1. The summed E-state index contributed by atoms with van der Waals surface area (Å²) in [5, 5.41) is 0. The van der Waals surface area contributed by atoms with E-state index in [0.717, 1.165) is 44.9 Å². The average molecular weight is 408 g/mol. The molecule has 0 aromatic rings. The van der Waals surface area contributed by atoms with Gasteiger partial charge < -0.3 is 4.74 Å². The maximum absolute atomic E-state index is 12.3. The average Bonchev–Trinajstić information content (AvgIpc) is 2.98. The number of carbonyl (C=O) groups is 2. The zero-order valence-corrected chi connectivity index (χ0v) is 16.9. The fraction of sp³-hybridized carbons (Fsp3) is 0.739. The lowest BCUT2D eigenvalue weighted by molar-refractivity contribution is -0.192. The van der Waals surface area contributed by atoms with E-state index in [0.29, 0.717) is 24.2 Å². The molecule has 4 rings (SSSR count). The highest BCUT2D eigenvalue weighted by atomic mass is 19.4. The van der Waals surface area contributed by atoms with Crippen molar-refractivity contribution in [1.82, 2.24) is 0 Å². The zero-order valence-electron chi connectivity index (χ0n) is 16.9. The molecule has 0 radical (unpaired) electrons. The standard InChI is InChI=1S/C23H27F3O3/c1-21-11-8-19-17(5-3-15-13-16(27)7-10-22(15,19)2)18(21)6-4-14(21)9-12-29-20(28)23(24,25)26/h13-14,17-19H,3-8,10-11H2,1-2H3/t14-,17-,18-,19-,21+,22-/m0/s1. The van der Waals surface area contributed by atoms with E-state index < -0.39 is 12.1 Å². The van der Waals surface area contributed by atoms with Crippen molar-refractivity contribution in [1.29, 1.82) is 0 Å². The summed E-state index contributed by atoms with van der Waals surface area (Å²) >= 11 is 0. The highest BCUT2D eigenvalue weighted by Crippen LogP contribution is 2.66. The van der Waals surface area contributed by atoms with Gasteiger partial charge in [0.2, 0.25) is 0 Å². The van der Waals surface area contributed by atoms with Crippen LogP contribution in [0.15, 0.2) is 11.6 Å². The first-order chi connectivity index (χ1) is 13.6. The molecule has 0 amide bonds. The largest absolute Gasteiger partial charge is 0.492 e. The molecule has 0 unspecified atom stereocenters. The van der Waals surface area contributed by atoms with E-state index in [4.69, 9.17) is 0 Å². The minimum Gasteiger partial charge on any atom is -0.365 e. The minimum absolute atomic E-state index is 0.0489. The Morgan fingerprint density at radius 1 is 1.10 bits per heavy atom. The number of ketones is 1. The van der Waals surface area contributed by atoms with Crippen LogP contribution in [0, 0.1) is 46.5 Å². The first-order valence-corrected chi connectivity index (χ1v) is 10.6. The van der Waals surface area contributed by atoms with Crippen molar-refractivity contribution in [3.05, 3.63) is 11.6 Å². The molecule has 6 heteroatoms. The number of carbonyl (C=O) groups excluding carboxylic acids is 2. The third-order valence-electron chi connectivity index (χ3n) is 8.57. The van der Waals surface area contributed by atoms with Gasteiger partial charge in [0.05, 0.1) is 0 Å². The number of esters is 1. The van der Waals surface area contributed by atoms with Crippen LogP contribution in [0.1, 0.15) is 65.2 Å². The van der Waals surface area contributed by atoms with E-state index in [1.807, 2.05) is 6.08 Å². The summed E-state index contributed by atoms with van der Waals surface area (Å²) in [6, 6.07) is 0. The molecule has 0 bridgehead atoms. The van der Waals surface area contributed by atoms with Crippen molar-refractivity contribution in [2.24, 2.45) is 34.5 Å². The van der Waals surface area contributed by atoms with Crippen LogP contribution in [0.4, 0.5) is 13.2 Å². The molecule has 6 atom stereocenters. The number of hydrogen-bond acceptors (Lipinski definition) is 3. The van der Waals surface area contributed by atoms with Gasteiger partial charge in [-0.25, -0.2) is 4.79 Å². The lowest BCUT2D eigenvalue weighted by atomic mass is 9.47. The summed E-state index contributed by atoms with van der Waals surface area (Å²) in [6.45, 7) is 4.54. The summed E-state index contributed by atoms with van der Waals surface area (Å²) in [5.41, 5.74) is 1.37. The van der Waals surface area contributed by atoms with Crippen LogP contribution in [0.3, 0.4) is 0 Å². The van der Waals surface area contributed by atoms with Gasteiger partial charge in [-0.3, -0.25) is 4.79 Å². The van der Waals surface area contributed by atoms with Crippen LogP contribution in [0.5, 0.6) is 0 Å². The maximum Gasteiger partial charge on any atom is 0.492 e. The summed E-state index contributed by atoms with van der Waals surface area (Å²) < 4.78 is 41.1. The Kier molecular flexibility index (Phi) is 4.87. The molecule has 0 aliphatic heterocycles. The molecular formula is C23H27F3O3. The Balaban J connectivity index is 1.52. The van der Waals surface area contributed by atoms with Crippen molar-refractivity contribution in [2.45, 2.75) is 71.4 Å². The maximum atomic E-state index is 12.3. The topological polar surface area (TPSA) is 43.4 Å². The quantitative estimate of drug-likeness (QED) is 0.409. The zero-order chi connectivity index (χ0) is 21.0. The van der Waals surface area contributed by atoms with Gasteiger partial charge in [-0.2, -0.15) is 13.2 Å². The predicted octanol–water partition coefficient (Wildman–Crippen LogP) is 5.20. The Bertz CT molecular complexity index is 817. The predicted molar refractivity (Wildman–Crippen MR) is 100 cm³/mol. The molecule has 3 nitrogen and oxygen atoms in total. The number of fused-ring (bicyclic) bond motifs is 5. The van der Waals surface area contributed by atoms with Gasteiger partial charge in [0.15, 0.2) is 5.78 Å². The molecule has 0 saturated heterocycles. The van der Waals surface area contributed by atoms with Crippen LogP contribution >= 0.6 is 0 Å². The van der Waals surface area contributed by atoms with Crippen molar-refractivity contribution < 1.29 is 27.5 Å². The van der Waals surface area contributed by atoms with Gasteiger partial charge in [-0.05, 0) is 79.6 Å². The molecule has 29 heavy (non-hydrogen) atoms. The van der Waals surface area contributed by atoms with E-state index >= 15 is 0 Å². The first-order valence-electron chi connectivity index (χ1n) is 10.6. The molecule has 3 saturated carbocycles. The van der Waals surface area contributed by atoms with Crippen LogP contribution < -0.4 is 0 Å². The van der Waals surface area contributed by atoms with Crippen molar-refractivity contribution in [3.63, 3.8) is 0 Å². The lowest BCUT2D eigenvalue weighted by Gasteiger charge is -2.57. The second kappa shape index (κ2) is 6.89. The van der Waals surface area contributed by atoms with Crippen LogP contribution in [-0.2, 0) is 14.3 Å². The first kappa shape index (κ1) is 20.5. The summed E-state index contributed by atoms with van der Waals surface area (Å²) in [6.07, 6.45) is 6.41. The molecule has 0 N–H and O–H groups in total. The highest BCUT2D eigenvalue weighted by Gasteiger charge is 2.58. The molecule has 3 fully saturated rings. The summed E-state index contributed by atoms with van der Waals surface area (Å²) in [4.78, 5) is 22.8. The molecular weight excluding hydrogens is 381 g/mol. The van der Waals surface area contributed by atoms with Gasteiger partial charge in [0.25, 0.3) is 0 Å². The number of halogens is 3. The van der Waals surface area contributed by atoms with E-state index in [2.05, 4.69) is 30.6 Å². The van der Waals surface area contributed by atoms with Gasteiger partial charge in [0.1, 0.15) is 6.11 Å². The van der Waals surface area contributed by atoms with E-state index in [1.54, 1.807) is 0 Å². The van der Waals surface area contributed by atoms with Crippen LogP contribution in [0.2, 0.25) is 0 Å². The third-order valence-corrected chi connectivity index (χ3v) is 8.57. The Morgan fingerprint density at radius 3 is 2.59 bits per heavy atom. The van der Waals surface area contributed by atoms with Crippen LogP contribution in [-0.4, -0.2) is 17.9 Å². The second-order valence-electron chi connectivity index (χ2n) is 9.78. The van der Waals surface area contributed by atoms with Gasteiger partial charge in [0, 0.05) is 12.3 Å². The Labute approximate surface area is 169 Å². The Hall–Kier alpha value is -1.77. The lowest BCUT2D eigenvalue weighted by Crippen LogP contribution is -2.50. The monoisotopic (exact) mass is 408 g/mol. The molecule has 0 spiro atoms. The summed E-state index contributed by atoms with van der Waals surface area (Å²) in [5.74, 6) is 2.40. The van der Waals surface area contributed by atoms with E-state index in [1.165, 1.54) is 5.57 Å². The third kappa shape index (κ3) is 3.31. The van der Waals surface area contributed by atoms with E-state index in [-0.39, 0.29) is 22.5 Å². The number of hydrogen-bond donors (Lipinski definition) is 0. The highest BCUT2D eigenvalue weighted by molar-refractivity contribution is 5.91. The minimum atomic E-state index is -5.01. The number of alkyl halides is 3. The fourth-order valence-electron chi connectivity index (χ4n) is 7.00. The molecule has 158 valence electrons. The van der Waals surface area contributed by atoms with Gasteiger partial charge in [-0.15, -0.1) is 0 Å². The van der Waals surface area contributed by atoms with Crippen LogP contribution in [0.25, 0.3) is 0 Å².